The molecule has 0 aliphatic heterocycles. The standard InChI is InChI=1S/2C10H9O2.2C4H9.Sn/c2*1-8(11)7-10(12)9-5-3-2-4-6-9;2*1-3-4-2;/h2*2-7H,1H3;2*1,3-4H2,2H3;/q4*-1;/p+4. The molecule has 2 rings (SSSR count). The molecule has 4 N–H and O–H groups in total. The van der Waals surface area contributed by atoms with Crippen LogP contribution in [0.5, 0.6) is 0 Å². The molecule has 5 heteroatoms. The third kappa shape index (κ3) is 22.6. The van der Waals surface area contributed by atoms with Crippen molar-refractivity contribution in [2.45, 2.75) is 53.4 Å². The molecule has 0 aromatic heterocycles. The molecular formula is C28H40O4Sn. The molecule has 0 aliphatic rings. The Kier molecular flexibility index (Phi) is 26.0. The van der Waals surface area contributed by atoms with Gasteiger partial charge in [0.05, 0.1) is 0 Å². The molecule has 0 unspecified atom stereocenters. The fourth-order valence-electron chi connectivity index (χ4n) is 1.78. The van der Waals surface area contributed by atoms with Crippen LogP contribution in [0.4, 0.5) is 0 Å². The monoisotopic (exact) mass is 560 g/mol. The molecule has 2 aromatic carbocycles. The average molecular weight is 559 g/mol. The van der Waals surface area contributed by atoms with Crippen molar-refractivity contribution in [1.82, 2.24) is 0 Å². The van der Waals surface area contributed by atoms with E-state index in [2.05, 4.69) is 27.7 Å². The van der Waals surface area contributed by atoms with Gasteiger partial charge in [0.15, 0.2) is 0 Å². The summed E-state index contributed by atoms with van der Waals surface area (Å²) in [4.78, 5) is 36.5. The summed E-state index contributed by atoms with van der Waals surface area (Å²) >= 11 is 0. The summed E-state index contributed by atoms with van der Waals surface area (Å²) in [6.07, 6.45) is 7.19. The summed E-state index contributed by atoms with van der Waals surface area (Å²) in [5.74, 6) is 0.346. The largest absolute Gasteiger partial charge is 0.343 e. The zero-order chi connectivity index (χ0) is 24.8. The van der Waals surface area contributed by atoms with Gasteiger partial charge in [0.2, 0.25) is 23.1 Å². The summed E-state index contributed by atoms with van der Waals surface area (Å²) in [6.45, 7) is 14.5. The summed E-state index contributed by atoms with van der Waals surface area (Å²) in [5, 5.41) is 0. The third-order valence-electron chi connectivity index (χ3n) is 3.54. The molecule has 4 nitrogen and oxygen atoms in total. The first-order chi connectivity index (χ1) is 15.2. The van der Waals surface area contributed by atoms with Gasteiger partial charge in [-0.15, -0.1) is 24.3 Å². The molecule has 2 aromatic rings. The van der Waals surface area contributed by atoms with Crippen LogP contribution in [0.15, 0.2) is 60.7 Å². The van der Waals surface area contributed by atoms with Crippen molar-refractivity contribution in [3.05, 3.63) is 98.5 Å². The molecule has 180 valence electrons. The minimum absolute atomic E-state index is 0. The molecule has 0 fully saturated rings. The van der Waals surface area contributed by atoms with Crippen molar-refractivity contribution in [2.24, 2.45) is 0 Å². The molecular weight excluding hydrogens is 519 g/mol. The summed E-state index contributed by atoms with van der Waals surface area (Å²) in [5.41, 5.74) is 1.40. The number of unbranched alkanes of at least 4 members (excludes halogenated alkanes) is 2. The van der Waals surface area contributed by atoms with E-state index in [9.17, 15) is 9.59 Å². The van der Waals surface area contributed by atoms with Gasteiger partial charge >= 0.3 is 0 Å². The molecule has 0 bridgehead atoms. The number of rotatable bonds is 8. The Morgan fingerprint density at radius 1 is 0.636 bits per heavy atom. The van der Waals surface area contributed by atoms with Gasteiger partial charge in [0, 0.05) is 37.8 Å². The van der Waals surface area contributed by atoms with E-state index in [-0.39, 0.29) is 47.0 Å². The summed E-state index contributed by atoms with van der Waals surface area (Å²) in [6, 6.07) is 18.1. The zero-order valence-electron chi connectivity index (χ0n) is 20.5. The molecule has 0 amide bonds. The molecule has 0 heterocycles. The number of hydrogen-bond donors (Lipinski definition) is 0. The SMILES string of the molecule is CC(=[OH+])[CH-]C(=[OH+])c1ccccc1.CC(=[OH+])[CH-]C(=[OH+])c1ccccc1.[CH2-]CCC.[CH2-]CCC.[Sn]. The molecule has 0 spiro atoms. The number of carbonyl (C=O) groups excluding carboxylic acids is 4. The van der Waals surface area contributed by atoms with Crippen LogP contribution < -0.4 is 0 Å². The van der Waals surface area contributed by atoms with Crippen LogP contribution in [0, 0.1) is 26.7 Å². The smallest absolute Gasteiger partial charge is 0.247 e. The van der Waals surface area contributed by atoms with Gasteiger partial charge in [-0.25, -0.2) is 0 Å². The second-order valence-corrected chi connectivity index (χ2v) is 6.78. The van der Waals surface area contributed by atoms with Crippen LogP contribution in [0.1, 0.15) is 64.5 Å². The van der Waals surface area contributed by atoms with Crippen LogP contribution in [-0.4, -0.2) is 66.2 Å². The number of hydrogen-bond acceptors (Lipinski definition) is 0. The van der Waals surface area contributed by atoms with Gasteiger partial charge in [0.25, 0.3) is 0 Å². The van der Waals surface area contributed by atoms with Crippen molar-refractivity contribution < 1.29 is 19.2 Å². The fraction of sp³-hybridized carbons (Fsp3) is 0.286. The minimum atomic E-state index is 0. The van der Waals surface area contributed by atoms with E-state index < -0.39 is 0 Å². The molecule has 0 aliphatic carbocycles. The second kappa shape index (κ2) is 24.3. The van der Waals surface area contributed by atoms with E-state index in [0.717, 1.165) is 12.8 Å². The van der Waals surface area contributed by atoms with Gasteiger partial charge in [-0.1, -0.05) is 74.2 Å². The summed E-state index contributed by atoms with van der Waals surface area (Å²) < 4.78 is 0. The van der Waals surface area contributed by atoms with Crippen LogP contribution >= 0.6 is 0 Å². The first-order valence-corrected chi connectivity index (χ1v) is 10.8. The van der Waals surface area contributed by atoms with Crippen LogP contribution in [-0.2, 0) is 0 Å². The third-order valence-corrected chi connectivity index (χ3v) is 3.54. The predicted molar refractivity (Wildman–Crippen MR) is 145 cm³/mol. The quantitative estimate of drug-likeness (QED) is 0.134. The first-order valence-electron chi connectivity index (χ1n) is 10.8. The molecule has 33 heavy (non-hydrogen) atoms. The van der Waals surface area contributed by atoms with Gasteiger partial charge in [-0.05, 0) is 12.8 Å². The Bertz CT molecular complexity index is 699. The zero-order valence-corrected chi connectivity index (χ0v) is 23.3. The Morgan fingerprint density at radius 2 is 0.879 bits per heavy atom. The van der Waals surface area contributed by atoms with E-state index >= 15 is 0 Å². The van der Waals surface area contributed by atoms with Crippen LogP contribution in [0.2, 0.25) is 0 Å². The van der Waals surface area contributed by atoms with Crippen molar-refractivity contribution in [3.8, 4) is 0 Å². The maximum absolute atomic E-state index is 9.37. The van der Waals surface area contributed by atoms with E-state index in [0.29, 0.717) is 11.1 Å². The molecule has 0 saturated heterocycles. The molecule has 0 atom stereocenters. The fourth-order valence-corrected chi connectivity index (χ4v) is 1.78. The van der Waals surface area contributed by atoms with E-state index in [1.54, 1.807) is 24.3 Å². The Morgan fingerprint density at radius 3 is 1.06 bits per heavy atom. The Balaban J connectivity index is -0.000000405. The average Bonchev–Trinajstić information content (AvgIpc) is 2.80. The normalized spacial score (nSPS) is 8.42. The van der Waals surface area contributed by atoms with Crippen LogP contribution in [0.3, 0.4) is 0 Å². The summed E-state index contributed by atoms with van der Waals surface area (Å²) in [7, 11) is 0. The van der Waals surface area contributed by atoms with Crippen LogP contribution in [0.25, 0.3) is 0 Å². The first kappa shape index (κ1) is 35.3. The van der Waals surface area contributed by atoms with Gasteiger partial charge in [-0.2, -0.15) is 12.8 Å². The van der Waals surface area contributed by atoms with Gasteiger partial charge in [0.1, 0.15) is 0 Å². The minimum Gasteiger partial charge on any atom is -0.343 e. The topological polar surface area (TPSA) is 85.6 Å². The number of ketones is 4. The van der Waals surface area contributed by atoms with Crippen molar-refractivity contribution in [2.75, 3.05) is 0 Å². The van der Waals surface area contributed by atoms with E-state index in [1.807, 2.05) is 36.4 Å². The van der Waals surface area contributed by atoms with Crippen molar-refractivity contribution in [1.29, 1.82) is 0 Å². The Hall–Kier alpha value is -2.34. The van der Waals surface area contributed by atoms with Gasteiger partial charge in [-0.3, -0.25) is 9.59 Å². The van der Waals surface area contributed by atoms with Crippen molar-refractivity contribution >= 4 is 47.0 Å². The maximum Gasteiger partial charge on any atom is 0.247 e. The molecule has 4 radical (unpaired) electrons. The molecule has 0 saturated carbocycles. The van der Waals surface area contributed by atoms with Crippen molar-refractivity contribution in [3.63, 3.8) is 0 Å². The Labute approximate surface area is 217 Å². The predicted octanol–water partition coefficient (Wildman–Crippen LogP) is 5.56. The van der Waals surface area contributed by atoms with Gasteiger partial charge < -0.3 is 23.4 Å². The maximum atomic E-state index is 9.37. The second-order valence-electron chi connectivity index (χ2n) is 6.78. The number of benzene rings is 2. The van der Waals surface area contributed by atoms with E-state index in [4.69, 9.17) is 9.59 Å². The van der Waals surface area contributed by atoms with E-state index in [1.165, 1.54) is 39.5 Å².